The number of hydrogen-bond acceptors (Lipinski definition) is 8. The molecule has 0 radical (unpaired) electrons. The van der Waals surface area contributed by atoms with Gasteiger partial charge in [0.1, 0.15) is 11.5 Å². The number of methoxy groups -OCH3 is 2. The van der Waals surface area contributed by atoms with E-state index in [1.54, 1.807) is 21.1 Å². The second-order valence-corrected chi connectivity index (χ2v) is 9.50. The molecule has 0 bridgehead atoms. The van der Waals surface area contributed by atoms with Crippen LogP contribution >= 0.6 is 0 Å². The number of allylic oxidation sites excluding steroid dienone is 1. The molecule has 0 N–H and O–H groups in total. The largest absolute Gasteiger partial charge is 0.497 e. The van der Waals surface area contributed by atoms with E-state index in [2.05, 4.69) is 16.0 Å². The van der Waals surface area contributed by atoms with E-state index in [9.17, 15) is 9.59 Å². The minimum atomic E-state index is -0.707. The molecule has 200 valence electrons. The van der Waals surface area contributed by atoms with Gasteiger partial charge in [-0.1, -0.05) is 24.3 Å². The topological polar surface area (TPSA) is 103 Å². The quantitative estimate of drug-likeness (QED) is 0.408. The van der Waals surface area contributed by atoms with Crippen LogP contribution in [0.1, 0.15) is 52.6 Å². The third kappa shape index (κ3) is 5.67. The van der Waals surface area contributed by atoms with Crippen LogP contribution in [0.4, 0.5) is 0 Å². The molecule has 2 aromatic carbocycles. The molecule has 2 heterocycles. The molecule has 5 rings (SSSR count). The first-order chi connectivity index (χ1) is 19.0. The molecule has 2 unspecified atom stereocenters. The second-order valence-electron chi connectivity index (χ2n) is 9.50. The number of fused-ring (bicyclic) bond motifs is 1. The first kappa shape index (κ1) is 26.1. The van der Waals surface area contributed by atoms with Crippen LogP contribution in [-0.4, -0.2) is 53.4 Å². The van der Waals surface area contributed by atoms with Gasteiger partial charge in [0.05, 0.1) is 37.9 Å². The maximum absolute atomic E-state index is 13.5. The van der Waals surface area contributed by atoms with E-state index in [4.69, 9.17) is 19.3 Å². The third-order valence-electron chi connectivity index (χ3n) is 6.99. The van der Waals surface area contributed by atoms with Crippen molar-refractivity contribution in [3.63, 3.8) is 0 Å². The highest BCUT2D eigenvalue weighted by Gasteiger charge is 2.43. The number of hydrazone groups is 1. The van der Waals surface area contributed by atoms with E-state index in [-0.39, 0.29) is 17.7 Å². The van der Waals surface area contributed by atoms with Gasteiger partial charge in [-0.2, -0.15) is 5.10 Å². The number of ether oxygens (including phenoxy) is 3. The summed E-state index contributed by atoms with van der Waals surface area (Å²) in [5.41, 5.74) is 4.69. The molecule has 9 nitrogen and oxygen atoms in total. The number of carbonyl (C=O) groups is 2. The van der Waals surface area contributed by atoms with Crippen molar-refractivity contribution in [3.8, 4) is 11.5 Å². The number of nitrogens with zero attached hydrogens (tertiary/aromatic N) is 4. The first-order valence-electron chi connectivity index (χ1n) is 12.8. The van der Waals surface area contributed by atoms with Gasteiger partial charge in [0, 0.05) is 12.1 Å². The van der Waals surface area contributed by atoms with Crippen LogP contribution in [-0.2, 0) is 9.53 Å². The Bertz CT molecular complexity index is 1400. The van der Waals surface area contributed by atoms with Gasteiger partial charge < -0.3 is 14.2 Å². The summed E-state index contributed by atoms with van der Waals surface area (Å²) in [4.78, 5) is 34.1. The predicted molar refractivity (Wildman–Crippen MR) is 145 cm³/mol. The first-order valence-corrected chi connectivity index (χ1v) is 12.8. The SMILES string of the molecule is COc1ccc(C=C2CCCC3C2=NN(C(=O)COC(=O)c2cnc(C)cn2)C3c2ccc(OC)cc2)cc1. The van der Waals surface area contributed by atoms with E-state index < -0.39 is 18.5 Å². The number of hydrogen-bond donors (Lipinski definition) is 0. The molecular weight excluding hydrogens is 496 g/mol. The van der Waals surface area contributed by atoms with Crippen LogP contribution in [0, 0.1) is 12.8 Å². The Labute approximate surface area is 227 Å². The number of carbonyl (C=O) groups excluding carboxylic acids is 2. The van der Waals surface area contributed by atoms with Gasteiger partial charge in [0.2, 0.25) is 0 Å². The Morgan fingerprint density at radius 2 is 1.67 bits per heavy atom. The fourth-order valence-electron chi connectivity index (χ4n) is 5.01. The molecule has 1 aromatic heterocycles. The average Bonchev–Trinajstić information content (AvgIpc) is 3.37. The molecule has 1 aliphatic heterocycles. The highest BCUT2D eigenvalue weighted by molar-refractivity contribution is 6.08. The number of aromatic nitrogens is 2. The Hall–Kier alpha value is -4.53. The van der Waals surface area contributed by atoms with Crippen molar-refractivity contribution >= 4 is 23.7 Å². The van der Waals surface area contributed by atoms with Crippen molar-refractivity contribution in [3.05, 3.63) is 89.0 Å². The molecule has 0 saturated heterocycles. The normalized spacial score (nSPS) is 19.3. The zero-order valence-corrected chi connectivity index (χ0v) is 22.2. The van der Waals surface area contributed by atoms with Gasteiger partial charge in [-0.25, -0.2) is 14.8 Å². The number of amides is 1. The molecule has 1 fully saturated rings. The van der Waals surface area contributed by atoms with Crippen molar-refractivity contribution in [2.45, 2.75) is 32.2 Å². The lowest BCUT2D eigenvalue weighted by atomic mass is 9.77. The van der Waals surface area contributed by atoms with Crippen molar-refractivity contribution in [1.29, 1.82) is 0 Å². The van der Waals surface area contributed by atoms with E-state index >= 15 is 0 Å². The summed E-state index contributed by atoms with van der Waals surface area (Å²) >= 11 is 0. The van der Waals surface area contributed by atoms with Gasteiger partial charge >= 0.3 is 5.97 Å². The Balaban J connectivity index is 1.43. The smallest absolute Gasteiger partial charge is 0.359 e. The van der Waals surface area contributed by atoms with Crippen LogP contribution in [0.3, 0.4) is 0 Å². The van der Waals surface area contributed by atoms with E-state index in [1.165, 1.54) is 17.4 Å². The van der Waals surface area contributed by atoms with E-state index in [0.29, 0.717) is 5.69 Å². The fraction of sp³-hybridized carbons (Fsp3) is 0.300. The highest BCUT2D eigenvalue weighted by Crippen LogP contribution is 2.44. The molecule has 2 atom stereocenters. The molecular formula is C30H30N4O5. The maximum atomic E-state index is 13.5. The second kappa shape index (κ2) is 11.5. The average molecular weight is 527 g/mol. The van der Waals surface area contributed by atoms with Crippen molar-refractivity contribution < 1.29 is 23.8 Å². The highest BCUT2D eigenvalue weighted by atomic mass is 16.5. The van der Waals surface area contributed by atoms with E-state index in [0.717, 1.165) is 53.2 Å². The summed E-state index contributed by atoms with van der Waals surface area (Å²) in [7, 11) is 3.26. The molecule has 0 spiro atoms. The number of esters is 1. The van der Waals surface area contributed by atoms with Gasteiger partial charge in [0.25, 0.3) is 5.91 Å². The Morgan fingerprint density at radius 1 is 0.974 bits per heavy atom. The maximum Gasteiger partial charge on any atom is 0.359 e. The van der Waals surface area contributed by atoms with Gasteiger partial charge in [-0.05, 0) is 73.2 Å². The van der Waals surface area contributed by atoms with Crippen molar-refractivity contribution in [1.82, 2.24) is 15.0 Å². The Kier molecular flexibility index (Phi) is 7.67. The Morgan fingerprint density at radius 3 is 2.31 bits per heavy atom. The van der Waals surface area contributed by atoms with Gasteiger partial charge in [0.15, 0.2) is 12.3 Å². The lowest BCUT2D eigenvalue weighted by Crippen LogP contribution is -2.34. The number of rotatable bonds is 7. The molecule has 9 heteroatoms. The molecule has 1 amide bonds. The van der Waals surface area contributed by atoms with E-state index in [1.807, 2.05) is 48.5 Å². The minimum absolute atomic E-state index is 0.0132. The lowest BCUT2D eigenvalue weighted by Gasteiger charge is -2.29. The number of aryl methyl sites for hydroxylation is 1. The van der Waals surface area contributed by atoms with Crippen LogP contribution in [0.25, 0.3) is 6.08 Å². The molecule has 2 aliphatic rings. The monoisotopic (exact) mass is 526 g/mol. The molecule has 3 aromatic rings. The summed E-state index contributed by atoms with van der Waals surface area (Å²) in [5.74, 6) is 0.419. The fourth-order valence-corrected chi connectivity index (χ4v) is 5.01. The molecule has 39 heavy (non-hydrogen) atoms. The van der Waals surface area contributed by atoms with Crippen LogP contribution in [0.2, 0.25) is 0 Å². The summed E-state index contributed by atoms with van der Waals surface area (Å²) in [6.07, 6.45) is 7.66. The minimum Gasteiger partial charge on any atom is -0.497 e. The number of benzene rings is 2. The lowest BCUT2D eigenvalue weighted by molar-refractivity contribution is -0.137. The summed E-state index contributed by atoms with van der Waals surface area (Å²) in [6.45, 7) is 1.32. The standard InChI is InChI=1S/C30H30N4O5/c1-19-16-32-26(17-31-19)30(36)39-18-27(35)34-29(21-9-13-24(38-3)14-10-21)25-6-4-5-22(28(25)33-34)15-20-7-11-23(37-2)12-8-20/h7-17,25,29H,4-6,18H2,1-3H3. The zero-order valence-electron chi connectivity index (χ0n) is 22.2. The van der Waals surface area contributed by atoms with Gasteiger partial charge in [-0.15, -0.1) is 0 Å². The summed E-state index contributed by atoms with van der Waals surface area (Å²) in [5, 5.41) is 6.32. The zero-order chi connectivity index (χ0) is 27.4. The van der Waals surface area contributed by atoms with Crippen LogP contribution in [0.5, 0.6) is 11.5 Å². The third-order valence-corrected chi connectivity index (χ3v) is 6.99. The van der Waals surface area contributed by atoms with Crippen molar-refractivity contribution in [2.24, 2.45) is 11.0 Å². The summed E-state index contributed by atoms with van der Waals surface area (Å²) < 4.78 is 15.9. The molecule has 1 aliphatic carbocycles. The van der Waals surface area contributed by atoms with Gasteiger partial charge in [-0.3, -0.25) is 9.78 Å². The predicted octanol–water partition coefficient (Wildman–Crippen LogP) is 4.78. The molecule has 1 saturated carbocycles. The van der Waals surface area contributed by atoms with Crippen LogP contribution < -0.4 is 9.47 Å². The van der Waals surface area contributed by atoms with Crippen LogP contribution in [0.15, 0.2) is 71.6 Å². The van der Waals surface area contributed by atoms with Crippen molar-refractivity contribution in [2.75, 3.05) is 20.8 Å². The summed E-state index contributed by atoms with van der Waals surface area (Å²) in [6, 6.07) is 15.2.